The molecule has 0 bridgehead atoms. The van der Waals surface area contributed by atoms with Crippen LogP contribution in [0, 0.1) is 0 Å². The summed E-state index contributed by atoms with van der Waals surface area (Å²) >= 11 is 6.42. The predicted molar refractivity (Wildman–Crippen MR) is 144 cm³/mol. The van der Waals surface area contributed by atoms with Crippen LogP contribution in [0.25, 0.3) is 11.1 Å². The van der Waals surface area contributed by atoms with E-state index in [0.29, 0.717) is 21.9 Å². The van der Waals surface area contributed by atoms with Crippen molar-refractivity contribution in [3.63, 3.8) is 0 Å². The van der Waals surface area contributed by atoms with E-state index in [4.69, 9.17) is 16.3 Å². The molecule has 1 saturated carbocycles. The highest BCUT2D eigenvalue weighted by atomic mass is 35.5. The van der Waals surface area contributed by atoms with E-state index in [2.05, 4.69) is 5.32 Å². The summed E-state index contributed by atoms with van der Waals surface area (Å²) in [4.78, 5) is 12.6. The maximum atomic E-state index is 15.5. The number of rotatable bonds is 9. The number of alkyl halides is 1. The number of amides is 1. The molecule has 1 amide bonds. The van der Waals surface area contributed by atoms with Crippen LogP contribution >= 0.6 is 11.6 Å². The number of nitrogens with one attached hydrogen (secondary N) is 1. The van der Waals surface area contributed by atoms with Gasteiger partial charge in [0.1, 0.15) is 5.75 Å². The van der Waals surface area contributed by atoms with Crippen molar-refractivity contribution in [1.82, 2.24) is 9.62 Å². The number of hydrogen-bond acceptors (Lipinski definition) is 6. The van der Waals surface area contributed by atoms with E-state index in [1.807, 2.05) is 0 Å². The van der Waals surface area contributed by atoms with Crippen LogP contribution in [0.15, 0.2) is 58.8 Å². The Morgan fingerprint density at radius 3 is 2.39 bits per heavy atom. The first-order chi connectivity index (χ1) is 17.8. The molecule has 0 aromatic heterocycles. The quantitative estimate of drug-likeness (QED) is 0.475. The van der Waals surface area contributed by atoms with Crippen molar-refractivity contribution in [2.45, 2.75) is 55.3 Å². The van der Waals surface area contributed by atoms with E-state index in [-0.39, 0.29) is 36.9 Å². The van der Waals surface area contributed by atoms with Gasteiger partial charge in [-0.25, -0.2) is 21.2 Å². The maximum Gasteiger partial charge on any atom is 0.258 e. The number of sulfonamides is 1. The molecule has 38 heavy (non-hydrogen) atoms. The van der Waals surface area contributed by atoms with Crippen molar-refractivity contribution in [3.05, 3.63) is 59.0 Å². The first-order valence-electron chi connectivity index (χ1n) is 12.2. The number of halogens is 2. The first kappa shape index (κ1) is 28.5. The van der Waals surface area contributed by atoms with Crippen LogP contribution in [0.1, 0.15) is 32.6 Å². The van der Waals surface area contributed by atoms with Gasteiger partial charge in [-0.15, -0.1) is 0 Å². The monoisotopic (exact) mass is 584 g/mol. The van der Waals surface area contributed by atoms with Crippen LogP contribution in [-0.4, -0.2) is 64.2 Å². The fraction of sp³-hybridized carbons (Fsp3) is 0.423. The van der Waals surface area contributed by atoms with Gasteiger partial charge in [-0.1, -0.05) is 35.9 Å². The van der Waals surface area contributed by atoms with Gasteiger partial charge in [0.15, 0.2) is 15.5 Å². The molecule has 206 valence electrons. The second-order valence-corrected chi connectivity index (χ2v) is 14.0. The Hall–Kier alpha value is -2.47. The molecule has 1 saturated heterocycles. The Kier molecular flexibility index (Phi) is 8.23. The third-order valence-corrected chi connectivity index (χ3v) is 9.39. The minimum absolute atomic E-state index is 0.0177. The Morgan fingerprint density at radius 1 is 1.13 bits per heavy atom. The lowest BCUT2D eigenvalue weighted by molar-refractivity contribution is -0.135. The maximum absolute atomic E-state index is 15.5. The third kappa shape index (κ3) is 6.74. The second kappa shape index (κ2) is 11.0. The summed E-state index contributed by atoms with van der Waals surface area (Å²) in [6, 6.07) is 10.9. The van der Waals surface area contributed by atoms with E-state index in [9.17, 15) is 21.6 Å². The lowest BCUT2D eigenvalue weighted by Crippen LogP contribution is -2.53. The highest BCUT2D eigenvalue weighted by Crippen LogP contribution is 2.39. The molecule has 1 atom stereocenters. The lowest BCUT2D eigenvalue weighted by atomic mass is 9.93. The van der Waals surface area contributed by atoms with E-state index in [1.165, 1.54) is 23.4 Å². The zero-order chi connectivity index (χ0) is 27.7. The van der Waals surface area contributed by atoms with Gasteiger partial charge in [0.25, 0.3) is 5.91 Å². The number of sulfone groups is 1. The fourth-order valence-electron chi connectivity index (χ4n) is 4.17. The van der Waals surface area contributed by atoms with Crippen molar-refractivity contribution < 1.29 is 30.8 Å². The molecule has 1 aliphatic heterocycles. The number of carbonyl (C=O) groups is 1. The second-order valence-electron chi connectivity index (χ2n) is 9.74. The minimum Gasteiger partial charge on any atom is -0.490 e. The molecule has 1 N–H and O–H groups in total. The van der Waals surface area contributed by atoms with E-state index in [0.717, 1.165) is 24.5 Å². The molecule has 0 unspecified atom stereocenters. The molecular weight excluding hydrogens is 555 g/mol. The molecule has 2 aromatic rings. The van der Waals surface area contributed by atoms with Crippen LogP contribution in [0.3, 0.4) is 0 Å². The standard InChI is InChI=1S/C26H30ClFN2O6S2/c1-18(11-16-37(2,32)33)29-25(31)26(28)12-14-30(15-13-26)38(34,35)24-10-9-20(36-19-7-8-19)17-22(24)21-5-3-4-6-23(21)27/h3-6,9-11,16-19H,7-8,12-15H2,1-2H3,(H,29,31)/b16-11-/t18-/m1/s1. The lowest BCUT2D eigenvalue weighted by Gasteiger charge is -2.35. The number of carbonyl (C=O) groups excluding carboxylic acids is 1. The Labute approximate surface area is 227 Å². The highest BCUT2D eigenvalue weighted by molar-refractivity contribution is 7.93. The number of piperidine rings is 1. The molecule has 0 spiro atoms. The summed E-state index contributed by atoms with van der Waals surface area (Å²) in [7, 11) is -7.46. The van der Waals surface area contributed by atoms with E-state index >= 15 is 4.39 Å². The van der Waals surface area contributed by atoms with Crippen molar-refractivity contribution in [1.29, 1.82) is 0 Å². The van der Waals surface area contributed by atoms with Gasteiger partial charge in [0.2, 0.25) is 10.0 Å². The van der Waals surface area contributed by atoms with Gasteiger partial charge < -0.3 is 10.1 Å². The summed E-state index contributed by atoms with van der Waals surface area (Å²) in [5, 5.41) is 3.77. The number of hydrogen-bond donors (Lipinski definition) is 1. The van der Waals surface area contributed by atoms with Crippen LogP contribution < -0.4 is 10.1 Å². The van der Waals surface area contributed by atoms with E-state index in [1.54, 1.807) is 36.4 Å². The number of nitrogens with zero attached hydrogens (tertiary/aromatic N) is 1. The molecule has 0 radical (unpaired) electrons. The van der Waals surface area contributed by atoms with Crippen molar-refractivity contribution in [3.8, 4) is 16.9 Å². The number of benzene rings is 2. The van der Waals surface area contributed by atoms with Gasteiger partial charge in [-0.2, -0.15) is 4.31 Å². The largest absolute Gasteiger partial charge is 0.490 e. The Morgan fingerprint density at radius 2 is 1.79 bits per heavy atom. The Balaban J connectivity index is 1.54. The zero-order valence-corrected chi connectivity index (χ0v) is 23.5. The smallest absolute Gasteiger partial charge is 0.258 e. The van der Waals surface area contributed by atoms with Gasteiger partial charge in [-0.3, -0.25) is 4.79 Å². The van der Waals surface area contributed by atoms with Crippen molar-refractivity contribution in [2.75, 3.05) is 19.3 Å². The SMILES string of the molecule is C[C@H](/C=C\S(C)(=O)=O)NC(=O)C1(F)CCN(S(=O)(=O)c2ccc(OC3CC3)cc2-c2ccccc2Cl)CC1. The molecule has 2 aliphatic rings. The van der Waals surface area contributed by atoms with Crippen molar-refractivity contribution >= 4 is 37.4 Å². The van der Waals surface area contributed by atoms with Crippen molar-refractivity contribution in [2.24, 2.45) is 0 Å². The van der Waals surface area contributed by atoms with Crippen LogP contribution in [0.5, 0.6) is 5.75 Å². The normalized spacial score (nSPS) is 19.3. The summed E-state index contributed by atoms with van der Waals surface area (Å²) in [6.07, 6.45) is 3.59. The van der Waals surface area contributed by atoms with Gasteiger partial charge >= 0.3 is 0 Å². The zero-order valence-electron chi connectivity index (χ0n) is 21.1. The van der Waals surface area contributed by atoms with Crippen LogP contribution in [0.4, 0.5) is 4.39 Å². The molecule has 2 fully saturated rings. The fourth-order valence-corrected chi connectivity index (χ4v) is 6.55. The minimum atomic E-state index is -4.07. The van der Waals surface area contributed by atoms with E-state index < -0.39 is 37.5 Å². The number of ether oxygens (including phenoxy) is 1. The summed E-state index contributed by atoms with van der Waals surface area (Å²) in [5.74, 6) is -0.364. The molecular formula is C26H30ClFN2O6S2. The molecule has 12 heteroatoms. The third-order valence-electron chi connectivity index (χ3n) is 6.46. The predicted octanol–water partition coefficient (Wildman–Crippen LogP) is 4.10. The van der Waals surface area contributed by atoms with Gasteiger partial charge in [0, 0.05) is 59.8 Å². The Bertz CT molecular complexity index is 1450. The summed E-state index contributed by atoms with van der Waals surface area (Å²) in [6.45, 7) is 1.11. The van der Waals surface area contributed by atoms with Gasteiger partial charge in [-0.05, 0) is 44.0 Å². The summed E-state index contributed by atoms with van der Waals surface area (Å²) < 4.78 is 72.6. The average Bonchev–Trinajstić information content (AvgIpc) is 3.67. The molecule has 8 nitrogen and oxygen atoms in total. The topological polar surface area (TPSA) is 110 Å². The summed E-state index contributed by atoms with van der Waals surface area (Å²) in [5.41, 5.74) is -1.37. The van der Waals surface area contributed by atoms with Crippen LogP contribution in [-0.2, 0) is 24.7 Å². The molecule has 1 heterocycles. The molecule has 2 aromatic carbocycles. The van der Waals surface area contributed by atoms with Gasteiger partial charge in [0.05, 0.1) is 11.0 Å². The highest BCUT2D eigenvalue weighted by Gasteiger charge is 2.45. The first-order valence-corrected chi connectivity index (χ1v) is 16.0. The average molecular weight is 585 g/mol. The molecule has 4 rings (SSSR count). The van der Waals surface area contributed by atoms with Crippen LogP contribution in [0.2, 0.25) is 5.02 Å². The molecule has 1 aliphatic carbocycles.